The number of carbonyl (C=O) groups excluding carboxylic acids is 1. The number of hydrogen-bond acceptors (Lipinski definition) is 10. The molecule has 186 valence electrons. The molecule has 0 aliphatic rings. The van der Waals surface area contributed by atoms with E-state index in [0.29, 0.717) is 22.2 Å². The van der Waals surface area contributed by atoms with Gasteiger partial charge >= 0.3 is 0 Å². The highest BCUT2D eigenvalue weighted by Gasteiger charge is 2.26. The standard InChI is InChI=1S/C24H19ClN8O4/c1-13(11-34)36-12-18(23(35)30-19-6-5-14(7-26)9-28-19)37-24-16-10-29-33-21(16)31-22(32-24)20-15(8-27)3-2-4-17(20)25/h2-6,9-10,13,18,34H,11-12H2,1H3,(H,28,30,35)(H,29,31,32,33)/t13-,18+/m1/s1. The molecule has 1 aromatic carbocycles. The van der Waals surface area contributed by atoms with Crippen molar-refractivity contribution < 1.29 is 19.4 Å². The van der Waals surface area contributed by atoms with Crippen LogP contribution in [0.2, 0.25) is 5.02 Å². The van der Waals surface area contributed by atoms with Crippen molar-refractivity contribution in [3.8, 4) is 29.4 Å². The Morgan fingerprint density at radius 2 is 2.05 bits per heavy atom. The van der Waals surface area contributed by atoms with Crippen LogP contribution < -0.4 is 10.1 Å². The van der Waals surface area contributed by atoms with Crippen LogP contribution in [-0.4, -0.2) is 61.6 Å². The van der Waals surface area contributed by atoms with Crippen LogP contribution in [0.1, 0.15) is 18.1 Å². The molecule has 0 radical (unpaired) electrons. The monoisotopic (exact) mass is 518 g/mol. The van der Waals surface area contributed by atoms with Gasteiger partial charge in [0.1, 0.15) is 17.3 Å². The maximum absolute atomic E-state index is 13.1. The van der Waals surface area contributed by atoms with Crippen LogP contribution >= 0.6 is 11.6 Å². The number of nitriles is 2. The van der Waals surface area contributed by atoms with E-state index >= 15 is 0 Å². The largest absolute Gasteiger partial charge is 0.461 e. The molecule has 1 amide bonds. The van der Waals surface area contributed by atoms with E-state index in [-0.39, 0.29) is 41.3 Å². The molecule has 3 aromatic heterocycles. The number of anilines is 1. The Bertz CT molecular complexity index is 1510. The summed E-state index contributed by atoms with van der Waals surface area (Å²) in [6.07, 6.45) is 0.940. The van der Waals surface area contributed by atoms with Gasteiger partial charge in [-0.2, -0.15) is 20.6 Å². The smallest absolute Gasteiger partial charge is 0.269 e. The summed E-state index contributed by atoms with van der Waals surface area (Å²) in [5, 5.41) is 37.8. The number of pyridine rings is 1. The van der Waals surface area contributed by atoms with Gasteiger partial charge in [-0.05, 0) is 31.2 Å². The summed E-state index contributed by atoms with van der Waals surface area (Å²) in [7, 11) is 0. The molecule has 4 aromatic rings. The Balaban J connectivity index is 1.70. The molecule has 13 heteroatoms. The van der Waals surface area contributed by atoms with E-state index in [1.807, 2.05) is 6.07 Å². The van der Waals surface area contributed by atoms with Crippen LogP contribution in [0.3, 0.4) is 0 Å². The van der Waals surface area contributed by atoms with Gasteiger partial charge in [-0.1, -0.05) is 17.7 Å². The van der Waals surface area contributed by atoms with Crippen LogP contribution in [0.5, 0.6) is 5.88 Å². The first-order valence-corrected chi connectivity index (χ1v) is 11.3. The highest BCUT2D eigenvalue weighted by molar-refractivity contribution is 6.33. The van der Waals surface area contributed by atoms with E-state index in [0.717, 1.165) is 0 Å². The van der Waals surface area contributed by atoms with E-state index < -0.39 is 18.1 Å². The molecule has 0 spiro atoms. The number of benzene rings is 1. The highest BCUT2D eigenvalue weighted by atomic mass is 35.5. The molecule has 0 aliphatic carbocycles. The van der Waals surface area contributed by atoms with Crippen molar-refractivity contribution in [3.63, 3.8) is 0 Å². The Labute approximate surface area is 215 Å². The van der Waals surface area contributed by atoms with Gasteiger partial charge in [0, 0.05) is 6.20 Å². The number of fused-ring (bicyclic) bond motifs is 1. The van der Waals surface area contributed by atoms with Crippen molar-refractivity contribution in [3.05, 3.63) is 58.9 Å². The summed E-state index contributed by atoms with van der Waals surface area (Å²) < 4.78 is 11.6. The Kier molecular flexibility index (Phi) is 7.86. The molecule has 12 nitrogen and oxygen atoms in total. The van der Waals surface area contributed by atoms with Gasteiger partial charge in [0.15, 0.2) is 11.5 Å². The minimum absolute atomic E-state index is 0.00857. The molecule has 0 unspecified atom stereocenters. The van der Waals surface area contributed by atoms with Crippen LogP contribution in [0, 0.1) is 22.7 Å². The number of H-pyrrole nitrogens is 1. The maximum atomic E-state index is 13.1. The lowest BCUT2D eigenvalue weighted by atomic mass is 10.1. The highest BCUT2D eigenvalue weighted by Crippen LogP contribution is 2.32. The first-order valence-electron chi connectivity index (χ1n) is 10.9. The van der Waals surface area contributed by atoms with Crippen molar-refractivity contribution in [2.45, 2.75) is 19.1 Å². The number of aliphatic hydroxyl groups excluding tert-OH is 1. The molecule has 3 N–H and O–H groups in total. The molecule has 0 fully saturated rings. The fraction of sp³-hybridized carbons (Fsp3) is 0.208. The van der Waals surface area contributed by atoms with E-state index in [9.17, 15) is 15.2 Å². The summed E-state index contributed by atoms with van der Waals surface area (Å²) in [5.74, 6) is -0.341. The topological polar surface area (TPSA) is 183 Å². The fourth-order valence-electron chi connectivity index (χ4n) is 3.20. The van der Waals surface area contributed by atoms with E-state index in [2.05, 4.69) is 36.5 Å². The number of hydrogen-bond donors (Lipinski definition) is 3. The van der Waals surface area contributed by atoms with Gasteiger partial charge in [0.2, 0.25) is 12.0 Å². The Hall–Kier alpha value is -4.62. The maximum Gasteiger partial charge on any atom is 0.269 e. The SMILES string of the molecule is C[C@H](CO)OC[C@H](Oc1nc(-c2c(Cl)cccc2C#N)nc2[nH]ncc12)C(=O)Nc1ccc(C#N)cn1. The number of aromatic nitrogens is 5. The fourth-order valence-corrected chi connectivity index (χ4v) is 3.46. The Morgan fingerprint density at radius 3 is 2.76 bits per heavy atom. The third kappa shape index (κ3) is 5.79. The van der Waals surface area contributed by atoms with E-state index in [4.69, 9.17) is 26.3 Å². The number of ether oxygens (including phenoxy) is 2. The second kappa shape index (κ2) is 11.4. The summed E-state index contributed by atoms with van der Waals surface area (Å²) in [5.41, 5.74) is 1.17. The predicted octanol–water partition coefficient (Wildman–Crippen LogP) is 2.60. The number of rotatable bonds is 9. The second-order valence-electron chi connectivity index (χ2n) is 7.73. The minimum atomic E-state index is -1.24. The molecule has 0 saturated heterocycles. The first-order chi connectivity index (χ1) is 17.9. The average molecular weight is 519 g/mol. The number of halogens is 1. The lowest BCUT2D eigenvalue weighted by molar-refractivity contribution is -0.127. The molecule has 2 atom stereocenters. The lowest BCUT2D eigenvalue weighted by Gasteiger charge is -2.20. The third-order valence-corrected chi connectivity index (χ3v) is 5.43. The quantitative estimate of drug-likeness (QED) is 0.297. The zero-order valence-electron chi connectivity index (χ0n) is 19.3. The lowest BCUT2D eigenvalue weighted by Crippen LogP contribution is -2.38. The minimum Gasteiger partial charge on any atom is -0.461 e. The van der Waals surface area contributed by atoms with Gasteiger partial charge in [0.25, 0.3) is 5.91 Å². The van der Waals surface area contributed by atoms with Crippen LogP contribution in [0.15, 0.2) is 42.7 Å². The zero-order valence-corrected chi connectivity index (χ0v) is 20.1. The van der Waals surface area contributed by atoms with E-state index in [1.54, 1.807) is 25.1 Å². The summed E-state index contributed by atoms with van der Waals surface area (Å²) in [6, 6.07) is 11.8. The van der Waals surface area contributed by atoms with Crippen molar-refractivity contribution in [2.24, 2.45) is 0 Å². The molecule has 0 aliphatic heterocycles. The number of amides is 1. The molecule has 0 saturated carbocycles. The van der Waals surface area contributed by atoms with E-state index in [1.165, 1.54) is 24.5 Å². The van der Waals surface area contributed by atoms with Crippen molar-refractivity contribution in [2.75, 3.05) is 18.5 Å². The summed E-state index contributed by atoms with van der Waals surface area (Å²) in [6.45, 7) is 1.13. The van der Waals surface area contributed by atoms with Gasteiger partial charge in [-0.25, -0.2) is 9.97 Å². The molecule has 4 rings (SSSR count). The van der Waals surface area contributed by atoms with Crippen LogP contribution in [0.25, 0.3) is 22.4 Å². The predicted molar refractivity (Wildman–Crippen MR) is 131 cm³/mol. The van der Waals surface area contributed by atoms with Crippen LogP contribution in [0.4, 0.5) is 5.82 Å². The summed E-state index contributed by atoms with van der Waals surface area (Å²) in [4.78, 5) is 26.0. The first kappa shape index (κ1) is 25.5. The third-order valence-electron chi connectivity index (χ3n) is 5.11. The van der Waals surface area contributed by atoms with Gasteiger partial charge in [0.05, 0.1) is 53.3 Å². The van der Waals surface area contributed by atoms with Gasteiger partial charge in [-0.3, -0.25) is 9.89 Å². The van der Waals surface area contributed by atoms with Crippen molar-refractivity contribution >= 4 is 34.4 Å². The number of nitrogens with zero attached hydrogens (tertiary/aromatic N) is 6. The van der Waals surface area contributed by atoms with Crippen molar-refractivity contribution in [1.82, 2.24) is 25.1 Å². The van der Waals surface area contributed by atoms with Gasteiger partial charge < -0.3 is 19.9 Å². The molecule has 0 bridgehead atoms. The molecular formula is C24H19ClN8O4. The second-order valence-corrected chi connectivity index (χ2v) is 8.13. The average Bonchev–Trinajstić information content (AvgIpc) is 3.39. The molecule has 37 heavy (non-hydrogen) atoms. The molecule has 3 heterocycles. The number of aliphatic hydroxyl groups is 1. The van der Waals surface area contributed by atoms with Gasteiger partial charge in [-0.15, -0.1) is 0 Å². The number of nitrogens with one attached hydrogen (secondary N) is 2. The zero-order chi connectivity index (χ0) is 26.4. The normalized spacial score (nSPS) is 12.4. The summed E-state index contributed by atoms with van der Waals surface area (Å²) >= 11 is 6.36. The number of aromatic amines is 1. The Morgan fingerprint density at radius 1 is 1.22 bits per heavy atom. The van der Waals surface area contributed by atoms with Crippen LogP contribution in [-0.2, 0) is 9.53 Å². The van der Waals surface area contributed by atoms with Crippen molar-refractivity contribution in [1.29, 1.82) is 10.5 Å². The number of carbonyl (C=O) groups is 1. The molecular weight excluding hydrogens is 500 g/mol.